The Bertz CT molecular complexity index is 1270. The molecule has 1 fully saturated rings. The molecule has 5 rings (SSSR count). The Morgan fingerprint density at radius 2 is 1.94 bits per heavy atom. The molecule has 2 amide bonds. The molecule has 0 unspecified atom stereocenters. The quantitative estimate of drug-likeness (QED) is 0.496. The molecular weight excluding hydrogens is 424 g/mol. The third-order valence-corrected chi connectivity index (χ3v) is 6.30. The van der Waals surface area contributed by atoms with Gasteiger partial charge < -0.3 is 20.9 Å². The predicted molar refractivity (Wildman–Crippen MR) is 127 cm³/mol. The molecule has 9 nitrogen and oxygen atoms in total. The molecule has 0 saturated carbocycles. The summed E-state index contributed by atoms with van der Waals surface area (Å²) >= 11 is 1.47. The minimum atomic E-state index is -0.102. The maximum Gasteiger partial charge on any atom is 0.321 e. The number of fused-ring (bicyclic) bond motifs is 1. The van der Waals surface area contributed by atoms with Gasteiger partial charge in [0.1, 0.15) is 10.5 Å². The van der Waals surface area contributed by atoms with Crippen molar-refractivity contribution in [2.45, 2.75) is 6.92 Å². The van der Waals surface area contributed by atoms with E-state index in [0.717, 1.165) is 32.2 Å². The van der Waals surface area contributed by atoms with Gasteiger partial charge in [-0.2, -0.15) is 4.98 Å². The van der Waals surface area contributed by atoms with Gasteiger partial charge >= 0.3 is 6.03 Å². The number of amides is 2. The topological polar surface area (TPSA) is 113 Å². The molecule has 3 N–H and O–H groups in total. The standard InChI is InChI=1S/C22H22N8OS/c1-14-4-2-6-16(12-14)25-22(31)30-10-8-29(9-11-30)18-17-20(28-21(23)27-18)32-19(26-17)15-5-3-7-24-13-15/h2-7,12-13H,8-11H2,1H3,(H,25,31)(H2,23,27,28). The molecule has 1 aliphatic rings. The van der Waals surface area contributed by atoms with Crippen molar-refractivity contribution in [1.82, 2.24) is 24.8 Å². The molecule has 1 aromatic carbocycles. The second-order valence-electron chi connectivity index (χ2n) is 7.59. The van der Waals surface area contributed by atoms with Gasteiger partial charge in [-0.15, -0.1) is 0 Å². The monoisotopic (exact) mass is 446 g/mol. The van der Waals surface area contributed by atoms with Crippen molar-refractivity contribution in [1.29, 1.82) is 0 Å². The van der Waals surface area contributed by atoms with Gasteiger partial charge in [0.15, 0.2) is 10.6 Å². The van der Waals surface area contributed by atoms with E-state index in [0.29, 0.717) is 32.0 Å². The molecular formula is C22H22N8OS. The Hall–Kier alpha value is -3.79. The number of nitrogen functional groups attached to an aromatic ring is 1. The summed E-state index contributed by atoms with van der Waals surface area (Å²) in [6.07, 6.45) is 3.51. The number of nitrogens with one attached hydrogen (secondary N) is 1. The van der Waals surface area contributed by atoms with Crippen LogP contribution >= 0.6 is 11.3 Å². The van der Waals surface area contributed by atoms with Crippen LogP contribution in [0.25, 0.3) is 20.9 Å². The molecule has 0 atom stereocenters. The third-order valence-electron chi connectivity index (χ3n) is 5.30. The number of rotatable bonds is 3. The molecule has 3 aromatic heterocycles. The summed E-state index contributed by atoms with van der Waals surface area (Å²) in [4.78, 5) is 35.2. The lowest BCUT2D eigenvalue weighted by molar-refractivity contribution is 0.208. The minimum Gasteiger partial charge on any atom is -0.368 e. The molecule has 0 radical (unpaired) electrons. The zero-order valence-corrected chi connectivity index (χ0v) is 18.3. The van der Waals surface area contributed by atoms with E-state index >= 15 is 0 Å². The molecule has 0 bridgehead atoms. The highest BCUT2D eigenvalue weighted by atomic mass is 32.1. The first-order valence-corrected chi connectivity index (χ1v) is 11.1. The first kappa shape index (κ1) is 20.1. The Kier molecular flexibility index (Phi) is 5.28. The lowest BCUT2D eigenvalue weighted by atomic mass is 10.2. The van der Waals surface area contributed by atoms with E-state index in [9.17, 15) is 4.79 Å². The fourth-order valence-electron chi connectivity index (χ4n) is 3.70. The first-order chi connectivity index (χ1) is 15.6. The summed E-state index contributed by atoms with van der Waals surface area (Å²) in [6.45, 7) is 4.41. The molecule has 4 heterocycles. The minimum absolute atomic E-state index is 0.102. The van der Waals surface area contributed by atoms with E-state index in [-0.39, 0.29) is 12.0 Å². The molecule has 1 aliphatic heterocycles. The molecule has 32 heavy (non-hydrogen) atoms. The number of hydrogen-bond acceptors (Lipinski definition) is 8. The number of piperazine rings is 1. The van der Waals surface area contributed by atoms with E-state index in [1.807, 2.05) is 48.2 Å². The van der Waals surface area contributed by atoms with Gasteiger partial charge in [0, 0.05) is 49.8 Å². The zero-order valence-electron chi connectivity index (χ0n) is 17.5. The van der Waals surface area contributed by atoms with E-state index in [1.165, 1.54) is 11.3 Å². The number of thiazole rings is 1. The SMILES string of the molecule is Cc1cccc(NC(=O)N2CCN(c3nc(N)nc4sc(-c5cccnc5)nc34)CC2)c1. The van der Waals surface area contributed by atoms with Gasteiger partial charge in [-0.1, -0.05) is 23.5 Å². The average molecular weight is 447 g/mol. The summed E-state index contributed by atoms with van der Waals surface area (Å²) in [5.74, 6) is 0.922. The number of urea groups is 1. The number of nitrogens with zero attached hydrogens (tertiary/aromatic N) is 6. The van der Waals surface area contributed by atoms with Crippen molar-refractivity contribution in [3.63, 3.8) is 0 Å². The van der Waals surface area contributed by atoms with Gasteiger partial charge in [-0.05, 0) is 36.8 Å². The maximum atomic E-state index is 12.7. The van der Waals surface area contributed by atoms with Crippen LogP contribution in [0, 0.1) is 6.92 Å². The van der Waals surface area contributed by atoms with Gasteiger partial charge in [0.25, 0.3) is 0 Å². The molecule has 10 heteroatoms. The number of pyridine rings is 1. The normalized spacial score (nSPS) is 14.0. The molecule has 0 spiro atoms. The van der Waals surface area contributed by atoms with Crippen LogP contribution in [0.5, 0.6) is 0 Å². The van der Waals surface area contributed by atoms with Crippen molar-refractivity contribution in [2.24, 2.45) is 0 Å². The summed E-state index contributed by atoms with van der Waals surface area (Å²) in [7, 11) is 0. The largest absolute Gasteiger partial charge is 0.368 e. The van der Waals surface area contributed by atoms with Crippen molar-refractivity contribution < 1.29 is 4.79 Å². The number of nitrogens with two attached hydrogens (primary N) is 1. The Morgan fingerprint density at radius 3 is 2.69 bits per heavy atom. The summed E-state index contributed by atoms with van der Waals surface area (Å²) in [5, 5.41) is 3.80. The predicted octanol–water partition coefficient (Wildman–Crippen LogP) is 3.39. The zero-order chi connectivity index (χ0) is 22.1. The number of benzene rings is 1. The van der Waals surface area contributed by atoms with Gasteiger partial charge in [0.05, 0.1) is 0 Å². The summed E-state index contributed by atoms with van der Waals surface area (Å²) < 4.78 is 0. The molecule has 4 aromatic rings. The van der Waals surface area contributed by atoms with E-state index in [1.54, 1.807) is 12.4 Å². The number of anilines is 3. The number of aryl methyl sites for hydroxylation is 1. The highest BCUT2D eigenvalue weighted by Gasteiger charge is 2.25. The molecule has 1 saturated heterocycles. The number of aromatic nitrogens is 4. The fraction of sp³-hybridized carbons (Fsp3) is 0.227. The fourth-order valence-corrected chi connectivity index (χ4v) is 4.64. The van der Waals surface area contributed by atoms with Crippen LogP contribution in [0.3, 0.4) is 0 Å². The van der Waals surface area contributed by atoms with E-state index < -0.39 is 0 Å². The van der Waals surface area contributed by atoms with Crippen LogP contribution in [0.1, 0.15) is 5.56 Å². The lowest BCUT2D eigenvalue weighted by Gasteiger charge is -2.35. The van der Waals surface area contributed by atoms with Gasteiger partial charge in [-0.25, -0.2) is 14.8 Å². The van der Waals surface area contributed by atoms with Crippen LogP contribution in [0.15, 0.2) is 48.8 Å². The number of hydrogen-bond donors (Lipinski definition) is 2. The van der Waals surface area contributed by atoms with Crippen molar-refractivity contribution in [3.8, 4) is 10.6 Å². The van der Waals surface area contributed by atoms with E-state index in [2.05, 4.69) is 25.2 Å². The molecule has 162 valence electrons. The van der Waals surface area contributed by atoms with Crippen LogP contribution < -0.4 is 16.0 Å². The van der Waals surface area contributed by atoms with Crippen molar-refractivity contribution in [3.05, 3.63) is 54.4 Å². The van der Waals surface area contributed by atoms with Crippen LogP contribution in [0.2, 0.25) is 0 Å². The summed E-state index contributed by atoms with van der Waals surface area (Å²) in [6, 6.07) is 11.5. The summed E-state index contributed by atoms with van der Waals surface area (Å²) in [5.41, 5.74) is 9.55. The number of carbonyl (C=O) groups is 1. The second-order valence-corrected chi connectivity index (χ2v) is 8.57. The highest BCUT2D eigenvalue weighted by Crippen LogP contribution is 2.33. The maximum absolute atomic E-state index is 12.7. The highest BCUT2D eigenvalue weighted by molar-refractivity contribution is 7.21. The average Bonchev–Trinajstić information content (AvgIpc) is 3.23. The number of carbonyl (C=O) groups excluding carboxylic acids is 1. The van der Waals surface area contributed by atoms with Gasteiger partial charge in [0.2, 0.25) is 5.95 Å². The molecule has 0 aliphatic carbocycles. The Balaban J connectivity index is 1.33. The first-order valence-electron chi connectivity index (χ1n) is 10.3. The van der Waals surface area contributed by atoms with Crippen LogP contribution in [-0.2, 0) is 0 Å². The Morgan fingerprint density at radius 1 is 1.09 bits per heavy atom. The van der Waals surface area contributed by atoms with E-state index in [4.69, 9.17) is 10.7 Å². The lowest BCUT2D eigenvalue weighted by Crippen LogP contribution is -2.50. The Labute approximate surface area is 189 Å². The third kappa shape index (κ3) is 4.04. The van der Waals surface area contributed by atoms with Crippen molar-refractivity contribution >= 4 is 45.2 Å². The van der Waals surface area contributed by atoms with Crippen LogP contribution in [0.4, 0.5) is 22.2 Å². The van der Waals surface area contributed by atoms with Crippen LogP contribution in [-0.4, -0.2) is 57.0 Å². The van der Waals surface area contributed by atoms with Gasteiger partial charge in [-0.3, -0.25) is 4.98 Å². The second kappa shape index (κ2) is 8.39. The smallest absolute Gasteiger partial charge is 0.321 e. The van der Waals surface area contributed by atoms with Crippen molar-refractivity contribution in [2.75, 3.05) is 42.1 Å².